The van der Waals surface area contributed by atoms with Crippen LogP contribution in [-0.4, -0.2) is 52.3 Å². The summed E-state index contributed by atoms with van der Waals surface area (Å²) in [5.74, 6) is 2.68. The number of benzene rings is 1. The molecule has 1 fully saturated rings. The zero-order chi connectivity index (χ0) is 22.8. The fourth-order valence-electron chi connectivity index (χ4n) is 4.45. The Morgan fingerprint density at radius 3 is 2.82 bits per heavy atom. The standard InChI is InChI=1S/C24H27N5O3S/c1-17-6-9-27(10-7-17)23-25-26-24(29(23)14-20-3-2-12-32-20)33-15-22(31)19-4-5-21-18(13-19)8-11-28(21)16-30/h2-5,12-13,16-17H,6-11,14-15H2,1H3. The first-order valence-corrected chi connectivity index (χ1v) is 12.3. The molecule has 2 aliphatic rings. The molecular weight excluding hydrogens is 438 g/mol. The Morgan fingerprint density at radius 1 is 1.21 bits per heavy atom. The number of hydrogen-bond donors (Lipinski definition) is 0. The Labute approximate surface area is 197 Å². The van der Waals surface area contributed by atoms with Crippen LogP contribution < -0.4 is 9.80 Å². The summed E-state index contributed by atoms with van der Waals surface area (Å²) in [6.45, 7) is 5.38. The highest BCUT2D eigenvalue weighted by Crippen LogP contribution is 2.30. The van der Waals surface area contributed by atoms with E-state index in [0.717, 1.165) is 67.6 Å². The third-order valence-corrected chi connectivity index (χ3v) is 7.42. The van der Waals surface area contributed by atoms with Gasteiger partial charge in [-0.05, 0) is 61.1 Å². The van der Waals surface area contributed by atoms with Crippen LogP contribution in [0.3, 0.4) is 0 Å². The van der Waals surface area contributed by atoms with Crippen molar-refractivity contribution in [3.05, 3.63) is 53.5 Å². The summed E-state index contributed by atoms with van der Waals surface area (Å²) in [5.41, 5.74) is 2.60. The highest BCUT2D eigenvalue weighted by molar-refractivity contribution is 7.99. The SMILES string of the molecule is CC1CCN(c2nnc(SCC(=O)c3ccc4c(c3)CCN4C=O)n2Cc2ccco2)CC1. The van der Waals surface area contributed by atoms with Crippen LogP contribution in [0.25, 0.3) is 0 Å². The zero-order valence-electron chi connectivity index (χ0n) is 18.6. The fourth-order valence-corrected chi connectivity index (χ4v) is 5.28. The Kier molecular flexibility index (Phi) is 6.22. The van der Waals surface area contributed by atoms with Gasteiger partial charge < -0.3 is 14.2 Å². The molecule has 5 rings (SSSR count). The third kappa shape index (κ3) is 4.55. The van der Waals surface area contributed by atoms with Crippen LogP contribution >= 0.6 is 11.8 Å². The summed E-state index contributed by atoms with van der Waals surface area (Å²) in [5, 5.41) is 9.63. The first kappa shape index (κ1) is 21.8. The molecule has 33 heavy (non-hydrogen) atoms. The summed E-state index contributed by atoms with van der Waals surface area (Å²) in [7, 11) is 0. The Hall–Kier alpha value is -3.07. The smallest absolute Gasteiger partial charge is 0.228 e. The number of thioether (sulfide) groups is 1. The number of hydrogen-bond acceptors (Lipinski definition) is 7. The largest absolute Gasteiger partial charge is 0.467 e. The molecule has 0 saturated carbocycles. The first-order valence-electron chi connectivity index (χ1n) is 11.3. The maximum Gasteiger partial charge on any atom is 0.228 e. The molecule has 1 saturated heterocycles. The van der Waals surface area contributed by atoms with Gasteiger partial charge in [-0.3, -0.25) is 14.2 Å². The topological polar surface area (TPSA) is 84.5 Å². The number of piperidine rings is 1. The van der Waals surface area contributed by atoms with Crippen molar-refractivity contribution in [3.8, 4) is 0 Å². The number of rotatable bonds is 8. The first-order chi connectivity index (χ1) is 16.1. The molecule has 0 aliphatic carbocycles. The van der Waals surface area contributed by atoms with E-state index >= 15 is 0 Å². The normalized spacial score (nSPS) is 16.3. The highest BCUT2D eigenvalue weighted by atomic mass is 32.2. The second kappa shape index (κ2) is 9.43. The van der Waals surface area contributed by atoms with Crippen molar-refractivity contribution >= 4 is 35.6 Å². The van der Waals surface area contributed by atoms with E-state index < -0.39 is 0 Å². The molecule has 4 heterocycles. The van der Waals surface area contributed by atoms with Crippen LogP contribution in [0.2, 0.25) is 0 Å². The Morgan fingerprint density at radius 2 is 2.06 bits per heavy atom. The Bertz CT molecular complexity index is 1140. The molecule has 0 atom stereocenters. The third-order valence-electron chi connectivity index (χ3n) is 6.45. The van der Waals surface area contributed by atoms with E-state index in [1.807, 2.05) is 24.3 Å². The Balaban J connectivity index is 1.32. The molecule has 0 bridgehead atoms. The van der Waals surface area contributed by atoms with E-state index in [1.54, 1.807) is 17.2 Å². The molecule has 3 aromatic rings. The number of carbonyl (C=O) groups is 2. The lowest BCUT2D eigenvalue weighted by molar-refractivity contribution is -0.107. The van der Waals surface area contributed by atoms with E-state index in [2.05, 4.69) is 26.6 Å². The van der Waals surface area contributed by atoms with Crippen LogP contribution in [-0.2, 0) is 17.8 Å². The van der Waals surface area contributed by atoms with Gasteiger partial charge in [0.1, 0.15) is 5.76 Å². The summed E-state index contributed by atoms with van der Waals surface area (Å²) in [6.07, 6.45) is 5.55. The number of ketones is 1. The van der Waals surface area contributed by atoms with Crippen LogP contribution in [0, 0.1) is 5.92 Å². The van der Waals surface area contributed by atoms with Gasteiger partial charge in [-0.15, -0.1) is 10.2 Å². The number of nitrogens with zero attached hydrogens (tertiary/aromatic N) is 5. The molecule has 8 nitrogen and oxygen atoms in total. The molecule has 9 heteroatoms. The molecule has 1 aromatic carbocycles. The summed E-state index contributed by atoms with van der Waals surface area (Å²) in [4.78, 5) is 28.1. The average Bonchev–Trinajstić information content (AvgIpc) is 3.58. The number of anilines is 2. The van der Waals surface area contributed by atoms with Gasteiger partial charge in [0.25, 0.3) is 0 Å². The number of furan rings is 1. The summed E-state index contributed by atoms with van der Waals surface area (Å²) in [6, 6.07) is 9.39. The van der Waals surface area contributed by atoms with Gasteiger partial charge in [0.15, 0.2) is 10.9 Å². The number of fused-ring (bicyclic) bond motifs is 1. The molecule has 0 unspecified atom stereocenters. The van der Waals surface area contributed by atoms with E-state index in [0.29, 0.717) is 23.8 Å². The number of carbonyl (C=O) groups excluding carboxylic acids is 2. The van der Waals surface area contributed by atoms with E-state index in [9.17, 15) is 9.59 Å². The minimum atomic E-state index is 0.0354. The van der Waals surface area contributed by atoms with Gasteiger partial charge in [-0.2, -0.15) is 0 Å². The predicted octanol–water partition coefficient (Wildman–Crippen LogP) is 3.65. The van der Waals surface area contributed by atoms with Crippen molar-refractivity contribution in [1.29, 1.82) is 0 Å². The molecule has 0 N–H and O–H groups in total. The van der Waals surface area contributed by atoms with Gasteiger partial charge in [0, 0.05) is 30.9 Å². The van der Waals surface area contributed by atoms with Gasteiger partial charge in [-0.25, -0.2) is 0 Å². The van der Waals surface area contributed by atoms with Crippen molar-refractivity contribution in [2.75, 3.05) is 35.2 Å². The maximum absolute atomic E-state index is 13.0. The number of Topliss-reactive ketones (excluding diaryl/α,β-unsaturated/α-hetero) is 1. The van der Waals surface area contributed by atoms with Crippen molar-refractivity contribution in [2.45, 2.75) is 37.9 Å². The predicted molar refractivity (Wildman–Crippen MR) is 127 cm³/mol. The van der Waals surface area contributed by atoms with Gasteiger partial charge >= 0.3 is 0 Å². The number of aromatic nitrogens is 3. The minimum absolute atomic E-state index is 0.0354. The van der Waals surface area contributed by atoms with E-state index in [1.165, 1.54) is 11.8 Å². The van der Waals surface area contributed by atoms with Crippen molar-refractivity contribution < 1.29 is 14.0 Å². The molecular formula is C24H27N5O3S. The molecule has 2 aliphatic heterocycles. The maximum atomic E-state index is 13.0. The summed E-state index contributed by atoms with van der Waals surface area (Å²) < 4.78 is 7.63. The van der Waals surface area contributed by atoms with Gasteiger partial charge in [-0.1, -0.05) is 18.7 Å². The molecule has 172 valence electrons. The van der Waals surface area contributed by atoms with Crippen molar-refractivity contribution in [1.82, 2.24) is 14.8 Å². The van der Waals surface area contributed by atoms with Gasteiger partial charge in [0.05, 0.1) is 18.6 Å². The fraction of sp³-hybridized carbons (Fsp3) is 0.417. The van der Waals surface area contributed by atoms with E-state index in [4.69, 9.17) is 4.42 Å². The quantitative estimate of drug-likeness (QED) is 0.285. The zero-order valence-corrected chi connectivity index (χ0v) is 19.5. The molecule has 1 amide bonds. The monoisotopic (exact) mass is 465 g/mol. The van der Waals surface area contributed by atoms with E-state index in [-0.39, 0.29) is 11.5 Å². The summed E-state index contributed by atoms with van der Waals surface area (Å²) >= 11 is 1.40. The van der Waals surface area contributed by atoms with Crippen LogP contribution in [0.15, 0.2) is 46.2 Å². The lowest BCUT2D eigenvalue weighted by atomic mass is 10.00. The average molecular weight is 466 g/mol. The van der Waals surface area contributed by atoms with Crippen molar-refractivity contribution in [3.63, 3.8) is 0 Å². The highest BCUT2D eigenvalue weighted by Gasteiger charge is 2.24. The lowest BCUT2D eigenvalue weighted by Gasteiger charge is -2.31. The van der Waals surface area contributed by atoms with Crippen LogP contribution in [0.4, 0.5) is 11.6 Å². The minimum Gasteiger partial charge on any atom is -0.467 e. The van der Waals surface area contributed by atoms with Gasteiger partial charge in [0.2, 0.25) is 12.4 Å². The number of amides is 1. The molecule has 0 spiro atoms. The second-order valence-corrected chi connectivity index (χ2v) is 9.66. The molecule has 2 aromatic heterocycles. The lowest BCUT2D eigenvalue weighted by Crippen LogP contribution is -2.35. The van der Waals surface area contributed by atoms with Crippen LogP contribution in [0.1, 0.15) is 41.4 Å². The van der Waals surface area contributed by atoms with Crippen LogP contribution in [0.5, 0.6) is 0 Å². The molecule has 0 radical (unpaired) electrons. The second-order valence-electron chi connectivity index (χ2n) is 8.72. The van der Waals surface area contributed by atoms with Crippen molar-refractivity contribution in [2.24, 2.45) is 5.92 Å².